The standard InChI is InChI=1S/C15H16N2OS/c16-11-7-5-10(6-8-11)13(18)9-15-17-12-3-1-2-4-14(12)19-15/h5-8H,1-4,9,16H2. The third kappa shape index (κ3) is 2.68. The van der Waals surface area contributed by atoms with Crippen LogP contribution in [0, 0.1) is 0 Å². The van der Waals surface area contributed by atoms with Crippen molar-refractivity contribution in [2.75, 3.05) is 5.73 Å². The zero-order valence-electron chi connectivity index (χ0n) is 10.7. The van der Waals surface area contributed by atoms with Gasteiger partial charge in [-0.3, -0.25) is 4.79 Å². The average molecular weight is 272 g/mol. The van der Waals surface area contributed by atoms with Gasteiger partial charge in [-0.1, -0.05) is 0 Å². The van der Waals surface area contributed by atoms with Crippen LogP contribution in [0.1, 0.15) is 38.8 Å². The summed E-state index contributed by atoms with van der Waals surface area (Å²) in [5, 5.41) is 0.953. The Morgan fingerprint density at radius 2 is 1.95 bits per heavy atom. The van der Waals surface area contributed by atoms with Gasteiger partial charge < -0.3 is 5.73 Å². The van der Waals surface area contributed by atoms with E-state index in [4.69, 9.17) is 5.73 Å². The van der Waals surface area contributed by atoms with Crippen molar-refractivity contribution in [3.63, 3.8) is 0 Å². The van der Waals surface area contributed by atoms with Crippen molar-refractivity contribution >= 4 is 22.8 Å². The van der Waals surface area contributed by atoms with Gasteiger partial charge in [0.25, 0.3) is 0 Å². The fraction of sp³-hybridized carbons (Fsp3) is 0.333. The van der Waals surface area contributed by atoms with Crippen LogP contribution in [0.15, 0.2) is 24.3 Å². The van der Waals surface area contributed by atoms with Crippen molar-refractivity contribution in [1.29, 1.82) is 0 Å². The van der Waals surface area contributed by atoms with Crippen molar-refractivity contribution in [3.05, 3.63) is 45.4 Å². The molecular formula is C15H16N2OS. The number of hydrogen-bond acceptors (Lipinski definition) is 4. The van der Waals surface area contributed by atoms with Gasteiger partial charge in [0, 0.05) is 16.1 Å². The molecular weight excluding hydrogens is 256 g/mol. The molecule has 1 aromatic carbocycles. The third-order valence-electron chi connectivity index (χ3n) is 3.43. The molecule has 0 saturated carbocycles. The number of nitrogens with zero attached hydrogens (tertiary/aromatic N) is 1. The van der Waals surface area contributed by atoms with Crippen molar-refractivity contribution in [2.45, 2.75) is 32.1 Å². The molecule has 0 atom stereocenters. The fourth-order valence-electron chi connectivity index (χ4n) is 2.39. The van der Waals surface area contributed by atoms with E-state index in [0.717, 1.165) is 17.8 Å². The average Bonchev–Trinajstić information content (AvgIpc) is 2.81. The van der Waals surface area contributed by atoms with Crippen LogP contribution in [-0.2, 0) is 19.3 Å². The van der Waals surface area contributed by atoms with Gasteiger partial charge in [-0.05, 0) is 49.9 Å². The Bertz CT molecular complexity index is 578. The number of nitrogen functional groups attached to an aromatic ring is 1. The van der Waals surface area contributed by atoms with Gasteiger partial charge >= 0.3 is 0 Å². The van der Waals surface area contributed by atoms with Crippen LogP contribution in [0.2, 0.25) is 0 Å². The molecule has 0 radical (unpaired) electrons. The van der Waals surface area contributed by atoms with E-state index >= 15 is 0 Å². The molecule has 0 spiro atoms. The zero-order chi connectivity index (χ0) is 13.2. The van der Waals surface area contributed by atoms with E-state index in [1.54, 1.807) is 35.6 Å². The summed E-state index contributed by atoms with van der Waals surface area (Å²) in [6, 6.07) is 7.09. The van der Waals surface area contributed by atoms with E-state index in [-0.39, 0.29) is 5.78 Å². The van der Waals surface area contributed by atoms with Crippen molar-refractivity contribution in [3.8, 4) is 0 Å². The number of ketones is 1. The number of anilines is 1. The van der Waals surface area contributed by atoms with Gasteiger partial charge in [0.15, 0.2) is 5.78 Å². The zero-order valence-corrected chi connectivity index (χ0v) is 11.5. The van der Waals surface area contributed by atoms with Crippen LogP contribution in [0.4, 0.5) is 5.69 Å². The molecule has 1 aliphatic carbocycles. The largest absolute Gasteiger partial charge is 0.399 e. The molecule has 1 heterocycles. The summed E-state index contributed by atoms with van der Waals surface area (Å²) in [6.45, 7) is 0. The SMILES string of the molecule is Nc1ccc(C(=O)Cc2nc3c(s2)CCCC3)cc1. The first-order valence-corrected chi connectivity index (χ1v) is 7.40. The van der Waals surface area contributed by atoms with Gasteiger partial charge in [-0.25, -0.2) is 4.98 Å². The molecule has 0 unspecified atom stereocenters. The Kier molecular flexibility index (Phi) is 3.34. The van der Waals surface area contributed by atoms with Gasteiger partial charge in [0.1, 0.15) is 5.01 Å². The van der Waals surface area contributed by atoms with Crippen molar-refractivity contribution in [2.24, 2.45) is 0 Å². The number of benzene rings is 1. The van der Waals surface area contributed by atoms with Gasteiger partial charge in [-0.2, -0.15) is 0 Å². The van der Waals surface area contributed by atoms with E-state index in [9.17, 15) is 4.79 Å². The van der Waals surface area contributed by atoms with Crippen LogP contribution >= 0.6 is 11.3 Å². The smallest absolute Gasteiger partial charge is 0.169 e. The predicted molar refractivity (Wildman–Crippen MR) is 77.6 cm³/mol. The van der Waals surface area contributed by atoms with Gasteiger partial charge in [0.05, 0.1) is 12.1 Å². The number of carbonyl (C=O) groups excluding carboxylic acids is 1. The summed E-state index contributed by atoms with van der Waals surface area (Å²) in [6.07, 6.45) is 5.08. The molecule has 0 saturated heterocycles. The molecule has 0 fully saturated rings. The number of carbonyl (C=O) groups is 1. The van der Waals surface area contributed by atoms with E-state index in [2.05, 4.69) is 4.98 Å². The molecule has 3 nitrogen and oxygen atoms in total. The first-order valence-electron chi connectivity index (χ1n) is 6.58. The topological polar surface area (TPSA) is 56.0 Å². The summed E-state index contributed by atoms with van der Waals surface area (Å²) in [5.41, 5.74) is 8.24. The normalized spacial score (nSPS) is 14.1. The van der Waals surface area contributed by atoms with Crippen LogP contribution in [0.5, 0.6) is 0 Å². The highest BCUT2D eigenvalue weighted by Crippen LogP contribution is 2.27. The maximum absolute atomic E-state index is 12.2. The summed E-state index contributed by atoms with van der Waals surface area (Å²) < 4.78 is 0. The number of hydrogen-bond donors (Lipinski definition) is 1. The molecule has 98 valence electrons. The fourth-order valence-corrected chi connectivity index (χ4v) is 3.54. The minimum absolute atomic E-state index is 0.117. The summed E-state index contributed by atoms with van der Waals surface area (Å²) in [5.74, 6) is 0.117. The molecule has 2 N–H and O–H groups in total. The highest BCUT2D eigenvalue weighted by molar-refractivity contribution is 7.11. The summed E-state index contributed by atoms with van der Waals surface area (Å²) in [7, 11) is 0. The molecule has 1 aliphatic rings. The lowest BCUT2D eigenvalue weighted by molar-refractivity contribution is 0.0993. The van der Waals surface area contributed by atoms with Crippen LogP contribution in [0.25, 0.3) is 0 Å². The number of rotatable bonds is 3. The van der Waals surface area contributed by atoms with Gasteiger partial charge in [0.2, 0.25) is 0 Å². The number of fused-ring (bicyclic) bond motifs is 1. The molecule has 19 heavy (non-hydrogen) atoms. The van der Waals surface area contributed by atoms with Crippen molar-refractivity contribution in [1.82, 2.24) is 4.98 Å². The lowest BCUT2D eigenvalue weighted by atomic mass is 10.0. The molecule has 1 aromatic heterocycles. The number of aromatic nitrogens is 1. The maximum atomic E-state index is 12.2. The van der Waals surface area contributed by atoms with Gasteiger partial charge in [-0.15, -0.1) is 11.3 Å². The molecule has 4 heteroatoms. The van der Waals surface area contributed by atoms with Crippen LogP contribution < -0.4 is 5.73 Å². The van der Waals surface area contributed by atoms with Crippen molar-refractivity contribution < 1.29 is 4.79 Å². The Labute approximate surface area is 116 Å². The molecule has 0 bridgehead atoms. The second-order valence-electron chi connectivity index (χ2n) is 4.91. The first-order chi connectivity index (χ1) is 9.22. The minimum Gasteiger partial charge on any atom is -0.399 e. The maximum Gasteiger partial charge on any atom is 0.169 e. The third-order valence-corrected chi connectivity index (χ3v) is 4.59. The molecule has 2 aromatic rings. The minimum atomic E-state index is 0.117. The van der Waals surface area contributed by atoms with E-state index in [0.29, 0.717) is 17.7 Å². The monoisotopic (exact) mass is 272 g/mol. The van der Waals surface area contributed by atoms with Crippen LogP contribution in [0.3, 0.4) is 0 Å². The Hall–Kier alpha value is -1.68. The number of Topliss-reactive ketones (excluding diaryl/α,β-unsaturated/α-hetero) is 1. The Morgan fingerprint density at radius 3 is 2.68 bits per heavy atom. The molecule has 0 amide bonds. The number of aryl methyl sites for hydroxylation is 2. The highest BCUT2D eigenvalue weighted by Gasteiger charge is 2.17. The number of nitrogens with two attached hydrogens (primary N) is 1. The van der Waals surface area contributed by atoms with E-state index in [1.807, 2.05) is 0 Å². The lowest BCUT2D eigenvalue weighted by Gasteiger charge is -2.06. The second kappa shape index (κ2) is 5.13. The highest BCUT2D eigenvalue weighted by atomic mass is 32.1. The quantitative estimate of drug-likeness (QED) is 0.690. The first kappa shape index (κ1) is 12.4. The Morgan fingerprint density at radius 1 is 1.21 bits per heavy atom. The molecule has 3 rings (SSSR count). The summed E-state index contributed by atoms with van der Waals surface area (Å²) >= 11 is 1.70. The second-order valence-corrected chi connectivity index (χ2v) is 6.07. The Balaban J connectivity index is 1.75. The predicted octanol–water partition coefficient (Wildman–Crippen LogP) is 3.03. The summed E-state index contributed by atoms with van der Waals surface area (Å²) in [4.78, 5) is 18.2. The number of thiazole rings is 1. The van der Waals surface area contributed by atoms with E-state index < -0.39 is 0 Å². The van der Waals surface area contributed by atoms with E-state index in [1.165, 1.54) is 23.4 Å². The lowest BCUT2D eigenvalue weighted by Crippen LogP contribution is -2.04. The molecule has 0 aliphatic heterocycles. The van der Waals surface area contributed by atoms with Crippen LogP contribution in [-0.4, -0.2) is 10.8 Å².